The largest absolute Gasteiger partial charge is 0.306 e. The summed E-state index contributed by atoms with van der Waals surface area (Å²) in [7, 11) is 0. The van der Waals surface area contributed by atoms with Gasteiger partial charge in [-0.2, -0.15) is 0 Å². The van der Waals surface area contributed by atoms with E-state index in [2.05, 4.69) is 38.0 Å². The van der Waals surface area contributed by atoms with E-state index >= 15 is 0 Å². The van der Waals surface area contributed by atoms with Crippen molar-refractivity contribution in [2.24, 2.45) is 16.7 Å². The van der Waals surface area contributed by atoms with Gasteiger partial charge in [0.25, 0.3) is 0 Å². The molecule has 1 heterocycles. The zero-order valence-electron chi connectivity index (χ0n) is 11.9. The van der Waals surface area contributed by atoms with Gasteiger partial charge in [-0.3, -0.25) is 4.98 Å². The summed E-state index contributed by atoms with van der Waals surface area (Å²) in [6, 6.07) is 1.11. The Hall–Kier alpha value is -0.410. The van der Waals surface area contributed by atoms with E-state index in [1.54, 1.807) is 11.3 Å². The van der Waals surface area contributed by atoms with Crippen molar-refractivity contribution in [1.82, 2.24) is 10.3 Å². The van der Waals surface area contributed by atoms with Gasteiger partial charge in [0.15, 0.2) is 0 Å². The minimum atomic E-state index is 0.439. The minimum absolute atomic E-state index is 0.439. The molecule has 2 bridgehead atoms. The Morgan fingerprint density at radius 1 is 1.44 bits per heavy atom. The first-order chi connectivity index (χ1) is 8.45. The molecule has 2 nitrogen and oxygen atoms in total. The van der Waals surface area contributed by atoms with Gasteiger partial charge >= 0.3 is 0 Å². The fourth-order valence-corrected chi connectivity index (χ4v) is 4.92. The maximum Gasteiger partial charge on any atom is 0.0794 e. The highest BCUT2D eigenvalue weighted by molar-refractivity contribution is 7.09. The average molecular weight is 264 g/mol. The molecule has 0 amide bonds. The normalized spacial score (nSPS) is 39.1. The van der Waals surface area contributed by atoms with Gasteiger partial charge in [-0.25, -0.2) is 0 Å². The van der Waals surface area contributed by atoms with Crippen molar-refractivity contribution in [3.63, 3.8) is 0 Å². The lowest BCUT2D eigenvalue weighted by atomic mass is 9.69. The topological polar surface area (TPSA) is 24.9 Å². The zero-order valence-corrected chi connectivity index (χ0v) is 12.7. The second kappa shape index (κ2) is 4.04. The summed E-state index contributed by atoms with van der Waals surface area (Å²) in [5, 5.41) is 3.88. The number of nitrogens with one attached hydrogen (secondary N) is 1. The molecule has 2 saturated carbocycles. The molecular formula is C15H24N2S. The summed E-state index contributed by atoms with van der Waals surface area (Å²) < 4.78 is 0. The van der Waals surface area contributed by atoms with Gasteiger partial charge in [0.2, 0.25) is 0 Å². The van der Waals surface area contributed by atoms with Crippen LogP contribution >= 0.6 is 11.3 Å². The zero-order chi connectivity index (χ0) is 13.0. The molecule has 2 aliphatic carbocycles. The first-order valence-electron chi connectivity index (χ1n) is 7.09. The highest BCUT2D eigenvalue weighted by Crippen LogP contribution is 2.65. The van der Waals surface area contributed by atoms with E-state index in [0.29, 0.717) is 22.9 Å². The van der Waals surface area contributed by atoms with Crippen molar-refractivity contribution in [1.29, 1.82) is 0 Å². The van der Waals surface area contributed by atoms with Gasteiger partial charge in [-0.15, -0.1) is 11.3 Å². The van der Waals surface area contributed by atoms with Crippen LogP contribution in [0.15, 0.2) is 11.7 Å². The lowest BCUT2D eigenvalue weighted by molar-refractivity contribution is 0.116. The number of hydrogen-bond donors (Lipinski definition) is 1. The third kappa shape index (κ3) is 1.60. The smallest absolute Gasteiger partial charge is 0.0794 e. The summed E-state index contributed by atoms with van der Waals surface area (Å²) in [5.74, 6) is 0.911. The SMILES string of the molecule is CC(NC1CC2CCC1(C)C2(C)C)c1cncs1. The molecule has 0 saturated heterocycles. The monoisotopic (exact) mass is 264 g/mol. The predicted molar refractivity (Wildman–Crippen MR) is 76.7 cm³/mol. The Labute approximate surface area is 114 Å². The molecule has 0 aliphatic heterocycles. The molecule has 2 fully saturated rings. The van der Waals surface area contributed by atoms with E-state index in [1.165, 1.54) is 24.1 Å². The number of rotatable bonds is 3. The minimum Gasteiger partial charge on any atom is -0.306 e. The van der Waals surface area contributed by atoms with E-state index < -0.39 is 0 Å². The Kier molecular flexibility index (Phi) is 2.83. The van der Waals surface area contributed by atoms with Gasteiger partial charge in [-0.05, 0) is 42.9 Å². The van der Waals surface area contributed by atoms with Crippen LogP contribution in [0.2, 0.25) is 0 Å². The van der Waals surface area contributed by atoms with Gasteiger partial charge in [-0.1, -0.05) is 20.8 Å². The number of aromatic nitrogens is 1. The Bertz CT molecular complexity index is 426. The standard InChI is InChI=1S/C15H24N2S/c1-10(12-8-16-9-18-12)17-13-7-11-5-6-15(13,4)14(11,2)3/h8-11,13,17H,5-7H2,1-4H3. The summed E-state index contributed by atoms with van der Waals surface area (Å²) in [4.78, 5) is 5.55. The van der Waals surface area contributed by atoms with Crippen LogP contribution in [0.3, 0.4) is 0 Å². The van der Waals surface area contributed by atoms with E-state index in [-0.39, 0.29) is 0 Å². The van der Waals surface area contributed by atoms with Crippen molar-refractivity contribution in [2.45, 2.75) is 59.0 Å². The fourth-order valence-electron chi connectivity index (χ4n) is 4.28. The number of nitrogens with zero attached hydrogens (tertiary/aromatic N) is 1. The maximum atomic E-state index is 4.19. The van der Waals surface area contributed by atoms with Crippen LogP contribution < -0.4 is 5.32 Å². The molecule has 4 atom stereocenters. The molecule has 1 aromatic rings. The Morgan fingerprint density at radius 3 is 2.72 bits per heavy atom. The average Bonchev–Trinajstić information content (AvgIpc) is 2.95. The van der Waals surface area contributed by atoms with Gasteiger partial charge in [0, 0.05) is 23.2 Å². The highest BCUT2D eigenvalue weighted by atomic mass is 32.1. The Balaban J connectivity index is 1.76. The number of fused-ring (bicyclic) bond motifs is 2. The molecule has 0 radical (unpaired) electrons. The number of thiazole rings is 1. The van der Waals surface area contributed by atoms with Gasteiger partial charge < -0.3 is 5.32 Å². The molecule has 100 valence electrons. The van der Waals surface area contributed by atoms with Crippen LogP contribution in [0.5, 0.6) is 0 Å². The molecular weight excluding hydrogens is 240 g/mol. The van der Waals surface area contributed by atoms with Crippen molar-refractivity contribution in [2.75, 3.05) is 0 Å². The molecule has 0 aromatic carbocycles. The van der Waals surface area contributed by atoms with E-state index in [0.717, 1.165) is 5.92 Å². The lowest BCUT2D eigenvalue weighted by Gasteiger charge is -2.40. The summed E-state index contributed by atoms with van der Waals surface area (Å²) >= 11 is 1.76. The van der Waals surface area contributed by atoms with E-state index in [1.807, 2.05) is 11.7 Å². The molecule has 1 N–H and O–H groups in total. The van der Waals surface area contributed by atoms with Crippen LogP contribution in [0.1, 0.15) is 57.9 Å². The van der Waals surface area contributed by atoms with Crippen LogP contribution in [-0.2, 0) is 0 Å². The number of hydrogen-bond acceptors (Lipinski definition) is 3. The predicted octanol–water partition coefficient (Wildman–Crippen LogP) is 4.01. The lowest BCUT2D eigenvalue weighted by Crippen LogP contribution is -2.45. The first kappa shape index (κ1) is 12.6. The molecule has 2 aliphatic rings. The summed E-state index contributed by atoms with van der Waals surface area (Å²) in [6.45, 7) is 9.72. The van der Waals surface area contributed by atoms with Crippen LogP contribution in [0, 0.1) is 16.7 Å². The highest BCUT2D eigenvalue weighted by Gasteiger charge is 2.61. The Morgan fingerprint density at radius 2 is 2.22 bits per heavy atom. The second-order valence-electron chi connectivity index (χ2n) is 6.96. The fraction of sp³-hybridized carbons (Fsp3) is 0.800. The van der Waals surface area contributed by atoms with Crippen molar-refractivity contribution < 1.29 is 0 Å². The molecule has 3 rings (SSSR count). The van der Waals surface area contributed by atoms with E-state index in [4.69, 9.17) is 0 Å². The maximum absolute atomic E-state index is 4.19. The van der Waals surface area contributed by atoms with Gasteiger partial charge in [0.1, 0.15) is 0 Å². The third-order valence-electron chi connectivity index (χ3n) is 6.12. The molecule has 18 heavy (non-hydrogen) atoms. The van der Waals surface area contributed by atoms with Crippen LogP contribution in [0.4, 0.5) is 0 Å². The summed E-state index contributed by atoms with van der Waals surface area (Å²) in [5.41, 5.74) is 2.90. The van der Waals surface area contributed by atoms with Crippen molar-refractivity contribution in [3.8, 4) is 0 Å². The summed E-state index contributed by atoms with van der Waals surface area (Å²) in [6.07, 6.45) is 6.17. The quantitative estimate of drug-likeness (QED) is 0.892. The van der Waals surface area contributed by atoms with Crippen molar-refractivity contribution in [3.05, 3.63) is 16.6 Å². The third-order valence-corrected chi connectivity index (χ3v) is 7.08. The second-order valence-corrected chi connectivity index (χ2v) is 7.87. The van der Waals surface area contributed by atoms with Crippen LogP contribution in [0.25, 0.3) is 0 Å². The molecule has 4 unspecified atom stereocenters. The van der Waals surface area contributed by atoms with Crippen LogP contribution in [-0.4, -0.2) is 11.0 Å². The molecule has 0 spiro atoms. The van der Waals surface area contributed by atoms with Gasteiger partial charge in [0.05, 0.1) is 5.51 Å². The molecule has 3 heteroatoms. The first-order valence-corrected chi connectivity index (χ1v) is 7.97. The molecule has 1 aromatic heterocycles. The van der Waals surface area contributed by atoms with Crippen molar-refractivity contribution >= 4 is 11.3 Å². The van der Waals surface area contributed by atoms with E-state index in [9.17, 15) is 0 Å².